The fourth-order valence-corrected chi connectivity index (χ4v) is 4.92. The number of carboxylic acids is 1. The standard InChI is InChI=1S/C23H36N4O.C2HF3O2/c1-23(14-12-20(13-15-23)26-22(24)25)17-27(16-18-8-4-2-5-9-18)21(28)19-10-6-3-7-11-19;3-2(4,5)1(6)7/h3,6-7,10-11,18,20H,2,4-5,8-9,12-17H2,1H3,(H4,24,25,26);(H,6,7). The third-order valence-electron chi connectivity index (χ3n) is 6.82. The second-order valence-electron chi connectivity index (χ2n) is 9.95. The first-order valence-electron chi connectivity index (χ1n) is 12.1. The minimum atomic E-state index is -5.08. The highest BCUT2D eigenvalue weighted by atomic mass is 19.4. The van der Waals surface area contributed by atoms with Crippen molar-refractivity contribution in [2.75, 3.05) is 13.1 Å². The molecule has 0 saturated heterocycles. The summed E-state index contributed by atoms with van der Waals surface area (Å²) in [5, 5.41) is 7.12. The van der Waals surface area contributed by atoms with E-state index in [2.05, 4.69) is 16.8 Å². The van der Waals surface area contributed by atoms with E-state index in [9.17, 15) is 18.0 Å². The molecule has 7 nitrogen and oxygen atoms in total. The molecule has 3 rings (SSSR count). The second kappa shape index (κ2) is 12.8. The molecule has 35 heavy (non-hydrogen) atoms. The zero-order valence-corrected chi connectivity index (χ0v) is 20.3. The lowest BCUT2D eigenvalue weighted by Crippen LogP contribution is -2.44. The Morgan fingerprint density at radius 3 is 2.09 bits per heavy atom. The average molecular weight is 499 g/mol. The predicted molar refractivity (Wildman–Crippen MR) is 129 cm³/mol. The van der Waals surface area contributed by atoms with Crippen LogP contribution in [0.4, 0.5) is 13.2 Å². The molecule has 0 heterocycles. The summed E-state index contributed by atoms with van der Waals surface area (Å²) >= 11 is 0. The highest BCUT2D eigenvalue weighted by Crippen LogP contribution is 2.38. The van der Waals surface area contributed by atoms with Crippen LogP contribution in [0.15, 0.2) is 35.3 Å². The van der Waals surface area contributed by atoms with Crippen LogP contribution in [0.25, 0.3) is 0 Å². The lowest BCUT2D eigenvalue weighted by molar-refractivity contribution is -0.192. The van der Waals surface area contributed by atoms with Gasteiger partial charge in [-0.05, 0) is 62.0 Å². The van der Waals surface area contributed by atoms with Crippen molar-refractivity contribution < 1.29 is 27.9 Å². The molecule has 196 valence electrons. The second-order valence-corrected chi connectivity index (χ2v) is 9.95. The minimum Gasteiger partial charge on any atom is -0.475 e. The van der Waals surface area contributed by atoms with Gasteiger partial charge in [-0.15, -0.1) is 0 Å². The van der Waals surface area contributed by atoms with Gasteiger partial charge in [0.05, 0.1) is 6.04 Å². The fourth-order valence-electron chi connectivity index (χ4n) is 4.92. The van der Waals surface area contributed by atoms with E-state index in [0.717, 1.165) is 44.3 Å². The minimum absolute atomic E-state index is 0.133. The predicted octanol–water partition coefficient (Wildman–Crippen LogP) is 4.56. The highest BCUT2D eigenvalue weighted by Gasteiger charge is 2.38. The summed E-state index contributed by atoms with van der Waals surface area (Å²) in [5.41, 5.74) is 12.0. The molecule has 2 saturated carbocycles. The molecule has 0 radical (unpaired) electrons. The third-order valence-corrected chi connectivity index (χ3v) is 6.82. The SMILES string of the molecule is CC1(CN(CC2CCCCC2)C(=O)c2ccccc2)CCC(N=C(N)N)CC1.O=C(O)C(F)(F)F. The molecular weight excluding hydrogens is 461 g/mol. The van der Waals surface area contributed by atoms with E-state index in [0.29, 0.717) is 5.92 Å². The van der Waals surface area contributed by atoms with E-state index in [1.807, 2.05) is 30.3 Å². The maximum absolute atomic E-state index is 13.3. The maximum Gasteiger partial charge on any atom is 0.490 e. The molecule has 2 fully saturated rings. The van der Waals surface area contributed by atoms with E-state index in [4.69, 9.17) is 21.4 Å². The van der Waals surface area contributed by atoms with Crippen LogP contribution in [0, 0.1) is 11.3 Å². The molecular formula is C25H37F3N4O3. The number of carbonyl (C=O) groups is 2. The lowest BCUT2D eigenvalue weighted by atomic mass is 9.73. The smallest absolute Gasteiger partial charge is 0.475 e. The van der Waals surface area contributed by atoms with E-state index < -0.39 is 12.1 Å². The topological polar surface area (TPSA) is 122 Å². The van der Waals surface area contributed by atoms with Crippen LogP contribution in [-0.2, 0) is 4.79 Å². The largest absolute Gasteiger partial charge is 0.490 e. The number of alkyl halides is 3. The number of nitrogens with zero attached hydrogens (tertiary/aromatic N) is 2. The Kier molecular flexibility index (Phi) is 10.4. The molecule has 1 amide bonds. The number of aliphatic carboxylic acids is 1. The van der Waals surface area contributed by atoms with Crippen LogP contribution in [-0.4, -0.2) is 53.2 Å². The van der Waals surface area contributed by atoms with Crippen molar-refractivity contribution in [3.63, 3.8) is 0 Å². The molecule has 1 aromatic rings. The number of carboxylic acid groups (broad SMARTS) is 1. The van der Waals surface area contributed by atoms with Gasteiger partial charge in [-0.1, -0.05) is 44.4 Å². The summed E-state index contributed by atoms with van der Waals surface area (Å²) in [4.78, 5) is 28.7. The van der Waals surface area contributed by atoms with Gasteiger partial charge in [-0.3, -0.25) is 9.79 Å². The summed E-state index contributed by atoms with van der Waals surface area (Å²) in [6, 6.07) is 9.98. The number of carbonyl (C=O) groups excluding carboxylic acids is 1. The van der Waals surface area contributed by atoms with Crippen LogP contribution in [0.1, 0.15) is 75.1 Å². The zero-order chi connectivity index (χ0) is 26.1. The number of hydrogen-bond donors (Lipinski definition) is 3. The summed E-state index contributed by atoms with van der Waals surface area (Å²) in [6.07, 6.45) is 5.45. The summed E-state index contributed by atoms with van der Waals surface area (Å²) < 4.78 is 31.7. The van der Waals surface area contributed by atoms with Crippen molar-refractivity contribution in [2.45, 2.75) is 76.9 Å². The van der Waals surface area contributed by atoms with Crippen LogP contribution in [0.3, 0.4) is 0 Å². The fraction of sp³-hybridized carbons (Fsp3) is 0.640. The summed E-state index contributed by atoms with van der Waals surface area (Å²) in [7, 11) is 0. The Balaban J connectivity index is 0.000000540. The molecule has 2 aliphatic rings. The van der Waals surface area contributed by atoms with Crippen LogP contribution < -0.4 is 11.5 Å². The number of guanidine groups is 1. The van der Waals surface area contributed by atoms with Gasteiger partial charge in [0.25, 0.3) is 5.91 Å². The number of aliphatic imine (C=N–C) groups is 1. The van der Waals surface area contributed by atoms with E-state index >= 15 is 0 Å². The molecule has 0 atom stereocenters. The normalized spacial score (nSPS) is 22.9. The number of benzene rings is 1. The Morgan fingerprint density at radius 2 is 1.60 bits per heavy atom. The molecule has 0 aromatic heterocycles. The molecule has 0 bridgehead atoms. The van der Waals surface area contributed by atoms with Crippen LogP contribution in [0.5, 0.6) is 0 Å². The number of halogens is 3. The monoisotopic (exact) mass is 498 g/mol. The molecule has 10 heteroatoms. The first-order valence-corrected chi connectivity index (χ1v) is 12.1. The van der Waals surface area contributed by atoms with Gasteiger partial charge < -0.3 is 21.5 Å². The highest BCUT2D eigenvalue weighted by molar-refractivity contribution is 5.94. The average Bonchev–Trinajstić information content (AvgIpc) is 2.80. The van der Waals surface area contributed by atoms with Gasteiger partial charge >= 0.3 is 12.1 Å². The Hall–Kier alpha value is -2.78. The first-order chi connectivity index (χ1) is 16.4. The van der Waals surface area contributed by atoms with E-state index in [-0.39, 0.29) is 23.3 Å². The van der Waals surface area contributed by atoms with Gasteiger partial charge in [-0.25, -0.2) is 4.79 Å². The van der Waals surface area contributed by atoms with Gasteiger partial charge in [0.2, 0.25) is 0 Å². The zero-order valence-electron chi connectivity index (χ0n) is 20.3. The van der Waals surface area contributed by atoms with Crippen molar-refractivity contribution in [1.29, 1.82) is 0 Å². The van der Waals surface area contributed by atoms with Crippen LogP contribution in [0.2, 0.25) is 0 Å². The quantitative estimate of drug-likeness (QED) is 0.392. The van der Waals surface area contributed by atoms with Crippen molar-refractivity contribution >= 4 is 17.8 Å². The van der Waals surface area contributed by atoms with Crippen molar-refractivity contribution in [3.05, 3.63) is 35.9 Å². The molecule has 2 aliphatic carbocycles. The van der Waals surface area contributed by atoms with Gasteiger partial charge in [0.1, 0.15) is 0 Å². The molecule has 1 aromatic carbocycles. The van der Waals surface area contributed by atoms with E-state index in [1.165, 1.54) is 32.1 Å². The van der Waals surface area contributed by atoms with Gasteiger partial charge in [-0.2, -0.15) is 13.2 Å². The van der Waals surface area contributed by atoms with Crippen molar-refractivity contribution in [3.8, 4) is 0 Å². The van der Waals surface area contributed by atoms with E-state index in [1.54, 1.807) is 0 Å². The van der Waals surface area contributed by atoms with Gasteiger partial charge in [0.15, 0.2) is 5.96 Å². The Morgan fingerprint density at radius 1 is 1.06 bits per heavy atom. The van der Waals surface area contributed by atoms with Crippen molar-refractivity contribution in [2.24, 2.45) is 27.8 Å². The lowest BCUT2D eigenvalue weighted by Gasteiger charge is -2.41. The number of rotatable bonds is 6. The number of hydrogen-bond acceptors (Lipinski definition) is 3. The third kappa shape index (κ3) is 9.78. The molecule has 0 aliphatic heterocycles. The summed E-state index contributed by atoms with van der Waals surface area (Å²) in [5.74, 6) is -1.75. The molecule has 5 N–H and O–H groups in total. The molecule has 0 unspecified atom stereocenters. The Labute approximate surface area is 204 Å². The Bertz CT molecular complexity index is 843. The van der Waals surface area contributed by atoms with Crippen LogP contribution >= 0.6 is 0 Å². The number of nitrogens with two attached hydrogens (primary N) is 2. The number of amides is 1. The van der Waals surface area contributed by atoms with Gasteiger partial charge in [0, 0.05) is 18.7 Å². The molecule has 0 spiro atoms. The van der Waals surface area contributed by atoms with Crippen molar-refractivity contribution in [1.82, 2.24) is 4.90 Å². The maximum atomic E-state index is 13.3. The summed E-state index contributed by atoms with van der Waals surface area (Å²) in [6.45, 7) is 4.04. The first kappa shape index (κ1) is 28.5.